The number of carbonyl (C=O) groups excluding carboxylic acids is 1. The molecule has 0 saturated heterocycles. The summed E-state index contributed by atoms with van der Waals surface area (Å²) in [6.45, 7) is 4.04. The fourth-order valence-corrected chi connectivity index (χ4v) is 2.08. The summed E-state index contributed by atoms with van der Waals surface area (Å²) >= 11 is 0. The lowest BCUT2D eigenvalue weighted by Gasteiger charge is -2.07. The van der Waals surface area contributed by atoms with Crippen LogP contribution in [0.5, 0.6) is 5.75 Å². The van der Waals surface area contributed by atoms with E-state index in [0.29, 0.717) is 5.56 Å². The van der Waals surface area contributed by atoms with Crippen LogP contribution < -0.4 is 4.74 Å². The Bertz CT molecular complexity index is 583. The first-order valence-electron chi connectivity index (χ1n) is 6.44. The van der Waals surface area contributed by atoms with E-state index in [1.165, 1.54) is 5.56 Å². The average Bonchev–Trinajstić information content (AvgIpc) is 2.46. The third-order valence-electron chi connectivity index (χ3n) is 3.28. The maximum absolute atomic E-state index is 12.4. The number of carbonyl (C=O) groups is 1. The van der Waals surface area contributed by atoms with E-state index in [4.69, 9.17) is 4.74 Å². The number of methoxy groups -OCH3 is 1. The molecular formula is C17H18O2. The molecule has 0 saturated carbocycles. The zero-order valence-corrected chi connectivity index (χ0v) is 11.6. The Morgan fingerprint density at radius 1 is 1.05 bits per heavy atom. The summed E-state index contributed by atoms with van der Waals surface area (Å²) in [5, 5.41) is 0. The molecule has 98 valence electrons. The normalized spacial score (nSPS) is 10.3. The molecule has 0 heterocycles. The zero-order valence-electron chi connectivity index (χ0n) is 11.6. The van der Waals surface area contributed by atoms with Crippen LogP contribution in [-0.2, 0) is 6.42 Å². The summed E-state index contributed by atoms with van der Waals surface area (Å²) in [6.07, 6.45) is 0.982. The molecule has 0 unspecified atom stereocenters. The number of ether oxygens (including phenoxy) is 1. The van der Waals surface area contributed by atoms with Gasteiger partial charge in [0.1, 0.15) is 5.75 Å². The van der Waals surface area contributed by atoms with Gasteiger partial charge in [0.25, 0.3) is 0 Å². The summed E-state index contributed by atoms with van der Waals surface area (Å²) in [7, 11) is 1.63. The molecule has 2 heteroatoms. The van der Waals surface area contributed by atoms with Crippen molar-refractivity contribution in [2.24, 2.45) is 0 Å². The van der Waals surface area contributed by atoms with Crippen molar-refractivity contribution in [3.05, 3.63) is 64.7 Å². The molecular weight excluding hydrogens is 236 g/mol. The van der Waals surface area contributed by atoms with Gasteiger partial charge in [-0.1, -0.05) is 31.2 Å². The minimum atomic E-state index is 0.0495. The second-order valence-corrected chi connectivity index (χ2v) is 4.56. The van der Waals surface area contributed by atoms with Crippen LogP contribution >= 0.6 is 0 Å². The number of hydrogen-bond donors (Lipinski definition) is 0. The molecule has 0 N–H and O–H groups in total. The van der Waals surface area contributed by atoms with E-state index in [-0.39, 0.29) is 5.78 Å². The third-order valence-corrected chi connectivity index (χ3v) is 3.28. The fraction of sp³-hybridized carbons (Fsp3) is 0.235. The molecule has 0 amide bonds. The van der Waals surface area contributed by atoms with Crippen molar-refractivity contribution in [3.8, 4) is 5.75 Å². The summed E-state index contributed by atoms with van der Waals surface area (Å²) in [5.74, 6) is 0.853. The smallest absolute Gasteiger partial charge is 0.193 e. The summed E-state index contributed by atoms with van der Waals surface area (Å²) < 4.78 is 5.20. The Hall–Kier alpha value is -2.09. The predicted molar refractivity (Wildman–Crippen MR) is 77.0 cm³/mol. The van der Waals surface area contributed by atoms with Crippen LogP contribution in [0.15, 0.2) is 42.5 Å². The van der Waals surface area contributed by atoms with Crippen LogP contribution in [0.25, 0.3) is 0 Å². The molecule has 0 aliphatic rings. The molecule has 0 bridgehead atoms. The topological polar surface area (TPSA) is 26.3 Å². The molecule has 2 aromatic carbocycles. The standard InChI is InChI=1S/C17H18O2/c1-4-13-5-7-14(8-6-13)17(18)15-9-10-16(19-3)12(2)11-15/h5-11H,4H2,1-3H3. The predicted octanol–water partition coefficient (Wildman–Crippen LogP) is 3.80. The molecule has 0 spiro atoms. The Kier molecular flexibility index (Phi) is 4.00. The van der Waals surface area contributed by atoms with Crippen LogP contribution in [-0.4, -0.2) is 12.9 Å². The van der Waals surface area contributed by atoms with Crippen molar-refractivity contribution in [3.63, 3.8) is 0 Å². The largest absolute Gasteiger partial charge is 0.496 e. The van der Waals surface area contributed by atoms with Gasteiger partial charge in [-0.3, -0.25) is 4.79 Å². The number of aryl methyl sites for hydroxylation is 2. The van der Waals surface area contributed by atoms with Gasteiger partial charge in [0.2, 0.25) is 0 Å². The first kappa shape index (κ1) is 13.3. The number of benzene rings is 2. The highest BCUT2D eigenvalue weighted by Crippen LogP contribution is 2.20. The lowest BCUT2D eigenvalue weighted by Crippen LogP contribution is -2.02. The Morgan fingerprint density at radius 3 is 2.21 bits per heavy atom. The molecule has 0 aliphatic carbocycles. The third kappa shape index (κ3) is 2.84. The Balaban J connectivity index is 2.30. The fourth-order valence-electron chi connectivity index (χ4n) is 2.08. The van der Waals surface area contributed by atoms with E-state index >= 15 is 0 Å². The molecule has 2 rings (SSSR count). The van der Waals surface area contributed by atoms with Crippen LogP contribution in [0.2, 0.25) is 0 Å². The lowest BCUT2D eigenvalue weighted by atomic mass is 10.00. The van der Waals surface area contributed by atoms with E-state index in [2.05, 4.69) is 6.92 Å². The maximum Gasteiger partial charge on any atom is 0.193 e. The monoisotopic (exact) mass is 254 g/mol. The zero-order chi connectivity index (χ0) is 13.8. The van der Waals surface area contributed by atoms with Gasteiger partial charge >= 0.3 is 0 Å². The number of ketones is 1. The quantitative estimate of drug-likeness (QED) is 0.776. The van der Waals surface area contributed by atoms with E-state index in [0.717, 1.165) is 23.3 Å². The minimum Gasteiger partial charge on any atom is -0.496 e. The van der Waals surface area contributed by atoms with Crippen LogP contribution in [0.3, 0.4) is 0 Å². The molecule has 2 nitrogen and oxygen atoms in total. The van der Waals surface area contributed by atoms with Gasteiger partial charge in [0, 0.05) is 11.1 Å². The minimum absolute atomic E-state index is 0.0495. The first-order valence-corrected chi connectivity index (χ1v) is 6.44. The second-order valence-electron chi connectivity index (χ2n) is 4.56. The van der Waals surface area contributed by atoms with Gasteiger partial charge in [-0.2, -0.15) is 0 Å². The van der Waals surface area contributed by atoms with Crippen molar-refractivity contribution < 1.29 is 9.53 Å². The van der Waals surface area contributed by atoms with E-state index in [1.54, 1.807) is 7.11 Å². The van der Waals surface area contributed by atoms with Gasteiger partial charge in [0.15, 0.2) is 5.78 Å². The summed E-state index contributed by atoms with van der Waals surface area (Å²) in [6, 6.07) is 13.3. The summed E-state index contributed by atoms with van der Waals surface area (Å²) in [5.41, 5.74) is 3.63. The Labute approximate surface area is 114 Å². The molecule has 19 heavy (non-hydrogen) atoms. The molecule has 0 radical (unpaired) electrons. The van der Waals surface area contributed by atoms with Gasteiger partial charge in [0.05, 0.1) is 7.11 Å². The highest BCUT2D eigenvalue weighted by Gasteiger charge is 2.10. The van der Waals surface area contributed by atoms with E-state index in [1.807, 2.05) is 49.4 Å². The van der Waals surface area contributed by atoms with E-state index in [9.17, 15) is 4.79 Å². The molecule has 0 aliphatic heterocycles. The van der Waals surface area contributed by atoms with Crippen molar-refractivity contribution in [2.45, 2.75) is 20.3 Å². The van der Waals surface area contributed by atoms with Crippen molar-refractivity contribution in [2.75, 3.05) is 7.11 Å². The van der Waals surface area contributed by atoms with E-state index < -0.39 is 0 Å². The molecule has 0 fully saturated rings. The highest BCUT2D eigenvalue weighted by atomic mass is 16.5. The molecule has 0 atom stereocenters. The highest BCUT2D eigenvalue weighted by molar-refractivity contribution is 6.09. The lowest BCUT2D eigenvalue weighted by molar-refractivity contribution is 0.103. The molecule has 0 aromatic heterocycles. The van der Waals surface area contributed by atoms with Gasteiger partial charge < -0.3 is 4.74 Å². The van der Waals surface area contributed by atoms with Crippen molar-refractivity contribution >= 4 is 5.78 Å². The second kappa shape index (κ2) is 5.70. The maximum atomic E-state index is 12.4. The number of hydrogen-bond acceptors (Lipinski definition) is 2. The molecule has 2 aromatic rings. The van der Waals surface area contributed by atoms with Crippen LogP contribution in [0, 0.1) is 6.92 Å². The van der Waals surface area contributed by atoms with Crippen molar-refractivity contribution in [1.29, 1.82) is 0 Å². The van der Waals surface area contributed by atoms with Gasteiger partial charge in [-0.15, -0.1) is 0 Å². The van der Waals surface area contributed by atoms with Gasteiger partial charge in [-0.05, 0) is 42.7 Å². The van der Waals surface area contributed by atoms with Crippen molar-refractivity contribution in [1.82, 2.24) is 0 Å². The summed E-state index contributed by atoms with van der Waals surface area (Å²) in [4.78, 5) is 12.4. The SMILES string of the molecule is CCc1ccc(C(=O)c2ccc(OC)c(C)c2)cc1. The number of rotatable bonds is 4. The van der Waals surface area contributed by atoms with Crippen LogP contribution in [0.1, 0.15) is 34.0 Å². The Morgan fingerprint density at radius 2 is 1.68 bits per heavy atom. The first-order chi connectivity index (χ1) is 9.15. The van der Waals surface area contributed by atoms with Gasteiger partial charge in [-0.25, -0.2) is 0 Å². The average molecular weight is 254 g/mol. The van der Waals surface area contributed by atoms with Crippen LogP contribution in [0.4, 0.5) is 0 Å².